The maximum atomic E-state index is 13.5. The second-order valence-corrected chi connectivity index (χ2v) is 10.6. The second kappa shape index (κ2) is 12.1. The van der Waals surface area contributed by atoms with Crippen LogP contribution in [0.3, 0.4) is 0 Å². The Morgan fingerprint density at radius 3 is 2.49 bits per heavy atom. The molecule has 0 aliphatic rings. The molecule has 0 radical (unpaired) electrons. The van der Waals surface area contributed by atoms with E-state index in [1.165, 1.54) is 37.0 Å². The van der Waals surface area contributed by atoms with Crippen molar-refractivity contribution in [2.45, 2.75) is 38.9 Å². The van der Waals surface area contributed by atoms with Gasteiger partial charge in [-0.3, -0.25) is 9.29 Å². The minimum Gasteiger partial charge on any atom is -0.494 e. The zero-order valence-corrected chi connectivity index (χ0v) is 22.7. The lowest BCUT2D eigenvalue weighted by molar-refractivity contribution is 0.391. The molecule has 1 atom stereocenters. The van der Waals surface area contributed by atoms with E-state index in [4.69, 9.17) is 9.47 Å². The van der Waals surface area contributed by atoms with Crippen LogP contribution in [0.4, 0.5) is 10.3 Å². The third-order valence-electron chi connectivity index (χ3n) is 5.21. The van der Waals surface area contributed by atoms with Crippen LogP contribution >= 0.6 is 11.3 Å². The van der Waals surface area contributed by atoms with Gasteiger partial charge in [0.25, 0.3) is 0 Å². The van der Waals surface area contributed by atoms with Crippen LogP contribution in [0.15, 0.2) is 45.6 Å². The number of allylic oxidation sites excluding steroid dienone is 1. The predicted octanol–water partition coefficient (Wildman–Crippen LogP) is 4.56. The summed E-state index contributed by atoms with van der Waals surface area (Å²) in [4.78, 5) is 12.1. The topological polar surface area (TPSA) is 133 Å². The molecule has 0 bridgehead atoms. The number of methoxy groups -OCH3 is 2. The molecule has 2 heterocycles. The molecule has 2 aromatic heterocycles. The summed E-state index contributed by atoms with van der Waals surface area (Å²) in [6.45, 7) is 8.18. The number of nitrogens with one attached hydrogen (secondary N) is 1. The first-order valence-corrected chi connectivity index (χ1v) is 13.5. The molecule has 14 heteroatoms. The lowest BCUT2D eigenvalue weighted by atomic mass is 10.2. The highest BCUT2D eigenvalue weighted by Crippen LogP contribution is 2.38. The lowest BCUT2D eigenvalue weighted by Crippen LogP contribution is -2.30. The molecule has 0 aliphatic heterocycles. The summed E-state index contributed by atoms with van der Waals surface area (Å²) in [5, 5.41) is 9.79. The van der Waals surface area contributed by atoms with Gasteiger partial charge < -0.3 is 9.47 Å². The minimum atomic E-state index is -4.06. The number of aromatic nitrogens is 4. The van der Waals surface area contributed by atoms with E-state index in [0.717, 1.165) is 11.9 Å². The van der Waals surface area contributed by atoms with Crippen molar-refractivity contribution in [2.24, 2.45) is 9.98 Å². The SMILES string of the molecule is C=N/C(C[C@H](CC)S(=O)(=O)Nc1nnc(-c2nc(C)cs2)n1-c1c(OC)cccc1OC)=N\C=C(/C)F. The van der Waals surface area contributed by atoms with Gasteiger partial charge in [0.15, 0.2) is 10.8 Å². The van der Waals surface area contributed by atoms with Crippen molar-refractivity contribution in [1.29, 1.82) is 0 Å². The standard InChI is InChI=1S/C23H28FN7O4S2/c1-7-16(11-19(25-4)26-12-14(2)24)37(32,33)30-23-29-28-21(22-27-15(3)13-36-22)31(23)20-17(34-5)9-8-10-18(20)35-6/h8-10,12-13,16H,4,7,11H2,1-3,5-6H3,(H,29,30)/b14-12+,26-19-/t16-/m0/s1. The maximum Gasteiger partial charge on any atom is 0.243 e. The van der Waals surface area contributed by atoms with Gasteiger partial charge >= 0.3 is 0 Å². The third kappa shape index (κ3) is 6.38. The van der Waals surface area contributed by atoms with Crippen molar-refractivity contribution in [2.75, 3.05) is 18.9 Å². The molecule has 37 heavy (non-hydrogen) atoms. The number of anilines is 1. The van der Waals surface area contributed by atoms with Gasteiger partial charge in [0.05, 0.1) is 25.7 Å². The average molecular weight is 550 g/mol. The van der Waals surface area contributed by atoms with Crippen molar-refractivity contribution in [3.05, 3.63) is 41.3 Å². The molecule has 1 aromatic carbocycles. The molecule has 198 valence electrons. The zero-order valence-electron chi connectivity index (χ0n) is 21.1. The van der Waals surface area contributed by atoms with Crippen LogP contribution < -0.4 is 14.2 Å². The highest BCUT2D eigenvalue weighted by atomic mass is 32.2. The minimum absolute atomic E-state index is 0.0843. The van der Waals surface area contributed by atoms with Crippen molar-refractivity contribution in [3.63, 3.8) is 0 Å². The summed E-state index contributed by atoms with van der Waals surface area (Å²) in [5.41, 5.74) is 1.17. The first-order valence-electron chi connectivity index (χ1n) is 11.1. The Hall–Kier alpha value is -3.65. The Labute approximate surface area is 218 Å². The molecule has 3 rings (SSSR count). The van der Waals surface area contributed by atoms with Gasteiger partial charge in [-0.05, 0) is 39.1 Å². The van der Waals surface area contributed by atoms with Crippen LogP contribution in [0, 0.1) is 6.92 Å². The highest BCUT2D eigenvalue weighted by molar-refractivity contribution is 7.93. The number of hydrogen-bond donors (Lipinski definition) is 1. The molecule has 0 saturated carbocycles. The largest absolute Gasteiger partial charge is 0.494 e. The number of halogens is 1. The number of nitrogens with zero attached hydrogens (tertiary/aromatic N) is 6. The van der Waals surface area contributed by atoms with E-state index in [2.05, 4.69) is 36.6 Å². The molecule has 3 aromatic rings. The number of aryl methyl sites for hydroxylation is 1. The van der Waals surface area contributed by atoms with E-state index >= 15 is 0 Å². The molecule has 0 saturated heterocycles. The summed E-state index contributed by atoms with van der Waals surface area (Å²) in [6.07, 6.45) is 1.08. The Balaban J connectivity index is 2.13. The number of rotatable bonds is 11. The number of thiazole rings is 1. The summed E-state index contributed by atoms with van der Waals surface area (Å²) >= 11 is 1.34. The van der Waals surface area contributed by atoms with E-state index in [1.54, 1.807) is 25.1 Å². The fourth-order valence-electron chi connectivity index (χ4n) is 3.42. The lowest BCUT2D eigenvalue weighted by Gasteiger charge is -2.19. The van der Waals surface area contributed by atoms with Crippen LogP contribution in [0.2, 0.25) is 0 Å². The van der Waals surface area contributed by atoms with Gasteiger partial charge in [0.2, 0.25) is 16.0 Å². The van der Waals surface area contributed by atoms with Crippen LogP contribution in [-0.4, -0.2) is 60.2 Å². The Bertz CT molecular complexity index is 1400. The normalized spacial score (nSPS) is 13.4. The molecule has 0 unspecified atom stereocenters. The molecule has 11 nitrogen and oxygen atoms in total. The fourth-order valence-corrected chi connectivity index (χ4v) is 5.55. The van der Waals surface area contributed by atoms with Crippen molar-refractivity contribution >= 4 is 39.9 Å². The first kappa shape index (κ1) is 27.9. The van der Waals surface area contributed by atoms with Gasteiger partial charge in [-0.15, -0.1) is 21.5 Å². The third-order valence-corrected chi connectivity index (χ3v) is 8.01. The fraction of sp³-hybridized carbons (Fsp3) is 0.348. The van der Waals surface area contributed by atoms with Crippen molar-refractivity contribution < 1.29 is 22.3 Å². The van der Waals surface area contributed by atoms with E-state index in [0.29, 0.717) is 28.0 Å². The maximum absolute atomic E-state index is 13.5. The van der Waals surface area contributed by atoms with Gasteiger partial charge in [-0.1, -0.05) is 13.0 Å². The summed E-state index contributed by atoms with van der Waals surface area (Å²) < 4.78 is 55.3. The van der Waals surface area contributed by atoms with Crippen LogP contribution in [0.25, 0.3) is 16.5 Å². The smallest absolute Gasteiger partial charge is 0.243 e. The van der Waals surface area contributed by atoms with E-state index < -0.39 is 21.1 Å². The Kier molecular flexibility index (Phi) is 9.10. The van der Waals surface area contributed by atoms with Gasteiger partial charge in [0.1, 0.15) is 28.8 Å². The number of benzene rings is 1. The predicted molar refractivity (Wildman–Crippen MR) is 143 cm³/mol. The van der Waals surface area contributed by atoms with Crippen LogP contribution in [0.1, 0.15) is 32.4 Å². The van der Waals surface area contributed by atoms with Gasteiger partial charge in [0, 0.05) is 17.5 Å². The molecule has 0 amide bonds. The number of aliphatic imine (C=N–C) groups is 2. The quantitative estimate of drug-likeness (QED) is 0.274. The number of hydrogen-bond acceptors (Lipinski definition) is 9. The van der Waals surface area contributed by atoms with E-state index in [1.807, 2.05) is 12.3 Å². The number of para-hydroxylation sites is 1. The number of ether oxygens (including phenoxy) is 2. The van der Waals surface area contributed by atoms with Gasteiger partial charge in [-0.2, -0.15) is 0 Å². The molecule has 0 aliphatic carbocycles. The molecule has 1 N–H and O–H groups in total. The van der Waals surface area contributed by atoms with Crippen molar-refractivity contribution in [3.8, 4) is 28.0 Å². The summed E-state index contributed by atoms with van der Waals surface area (Å²) in [5.74, 6) is 0.554. The van der Waals surface area contributed by atoms with E-state index in [9.17, 15) is 12.8 Å². The van der Waals surface area contributed by atoms with Crippen LogP contribution in [0.5, 0.6) is 11.5 Å². The molecule has 0 spiro atoms. The molecular weight excluding hydrogens is 521 g/mol. The highest BCUT2D eigenvalue weighted by Gasteiger charge is 2.30. The Morgan fingerprint density at radius 1 is 1.30 bits per heavy atom. The monoisotopic (exact) mass is 549 g/mol. The average Bonchev–Trinajstić information content (AvgIpc) is 3.48. The van der Waals surface area contributed by atoms with E-state index in [-0.39, 0.29) is 24.6 Å². The number of amidine groups is 1. The molecule has 0 fully saturated rings. The Morgan fingerprint density at radius 2 is 1.97 bits per heavy atom. The summed E-state index contributed by atoms with van der Waals surface area (Å²) in [6, 6.07) is 5.16. The zero-order chi connectivity index (χ0) is 27.2. The molecular formula is C23H28FN7O4S2. The van der Waals surface area contributed by atoms with Crippen LogP contribution in [-0.2, 0) is 10.0 Å². The first-order chi connectivity index (χ1) is 17.6. The van der Waals surface area contributed by atoms with Gasteiger partial charge in [-0.25, -0.2) is 27.8 Å². The number of sulfonamides is 1. The van der Waals surface area contributed by atoms with Crippen molar-refractivity contribution in [1.82, 2.24) is 19.7 Å². The second-order valence-electron chi connectivity index (χ2n) is 7.79. The summed E-state index contributed by atoms with van der Waals surface area (Å²) in [7, 11) is -1.08.